The van der Waals surface area contributed by atoms with Gasteiger partial charge >= 0.3 is 5.97 Å². The van der Waals surface area contributed by atoms with E-state index in [9.17, 15) is 4.79 Å². The van der Waals surface area contributed by atoms with Crippen molar-refractivity contribution in [2.24, 2.45) is 0 Å². The standard InChI is InChI=1S/C3H4O2.2Na/c1-2-3(4)5;;/h2H,1H2,(H,4,5);;. The van der Waals surface area contributed by atoms with Gasteiger partial charge in [0.2, 0.25) is 0 Å². The molecule has 2 radical (unpaired) electrons. The van der Waals surface area contributed by atoms with Crippen LogP contribution in [0.5, 0.6) is 0 Å². The van der Waals surface area contributed by atoms with Gasteiger partial charge in [0.1, 0.15) is 0 Å². The molecule has 0 atom stereocenters. The summed E-state index contributed by atoms with van der Waals surface area (Å²) in [5.74, 6) is -0.981. The van der Waals surface area contributed by atoms with Crippen LogP contribution in [0.2, 0.25) is 0 Å². The number of rotatable bonds is 1. The molecule has 0 aliphatic heterocycles. The SMILES string of the molecule is C=CC(=O)O.[Na].[Na]. The summed E-state index contributed by atoms with van der Waals surface area (Å²) in [5.41, 5.74) is 0. The van der Waals surface area contributed by atoms with Crippen LogP contribution in [0.4, 0.5) is 0 Å². The van der Waals surface area contributed by atoms with Crippen molar-refractivity contribution in [2.75, 3.05) is 0 Å². The monoisotopic (exact) mass is 118 g/mol. The van der Waals surface area contributed by atoms with Crippen molar-refractivity contribution >= 4 is 65.1 Å². The molecule has 0 spiro atoms. The first-order chi connectivity index (χ1) is 2.27. The first-order valence-electron chi connectivity index (χ1n) is 1.12. The average Bonchev–Trinajstić information content (AvgIpc) is 1.38. The molecule has 1 N–H and O–H groups in total. The number of carboxylic acids is 1. The van der Waals surface area contributed by atoms with E-state index in [1.54, 1.807) is 0 Å². The van der Waals surface area contributed by atoms with Gasteiger partial charge in [-0.1, -0.05) is 6.58 Å². The van der Waals surface area contributed by atoms with E-state index in [1.807, 2.05) is 0 Å². The van der Waals surface area contributed by atoms with Crippen LogP contribution in [0.25, 0.3) is 0 Å². The van der Waals surface area contributed by atoms with Crippen molar-refractivity contribution in [3.8, 4) is 0 Å². The Labute approximate surface area is 86.6 Å². The van der Waals surface area contributed by atoms with E-state index >= 15 is 0 Å². The zero-order valence-corrected chi connectivity index (χ0v) is 8.64. The third kappa shape index (κ3) is 19.0. The van der Waals surface area contributed by atoms with Crippen LogP contribution in [-0.4, -0.2) is 70.2 Å². The van der Waals surface area contributed by atoms with Gasteiger partial charge in [-0.25, -0.2) is 4.79 Å². The van der Waals surface area contributed by atoms with Gasteiger partial charge in [-0.15, -0.1) is 0 Å². The molecule has 0 saturated heterocycles. The summed E-state index contributed by atoms with van der Waals surface area (Å²) in [6, 6.07) is 0. The first-order valence-corrected chi connectivity index (χ1v) is 1.12. The topological polar surface area (TPSA) is 37.3 Å². The molecular weight excluding hydrogens is 114 g/mol. The summed E-state index contributed by atoms with van der Waals surface area (Å²) in [6.45, 7) is 2.96. The van der Waals surface area contributed by atoms with Gasteiger partial charge in [0.05, 0.1) is 0 Å². The molecule has 7 heavy (non-hydrogen) atoms. The van der Waals surface area contributed by atoms with E-state index in [1.165, 1.54) is 0 Å². The van der Waals surface area contributed by atoms with E-state index in [0.717, 1.165) is 6.08 Å². The molecule has 0 aromatic rings. The molecule has 2 nitrogen and oxygen atoms in total. The van der Waals surface area contributed by atoms with Crippen LogP contribution in [0.1, 0.15) is 0 Å². The second kappa shape index (κ2) is 10.2. The van der Waals surface area contributed by atoms with Crippen LogP contribution in [-0.2, 0) is 4.79 Å². The molecule has 0 bridgehead atoms. The smallest absolute Gasteiger partial charge is 0.327 e. The van der Waals surface area contributed by atoms with Crippen molar-refractivity contribution in [2.45, 2.75) is 0 Å². The van der Waals surface area contributed by atoms with Crippen molar-refractivity contribution in [3.63, 3.8) is 0 Å². The summed E-state index contributed by atoms with van der Waals surface area (Å²) in [6.07, 6.45) is 0.833. The number of aliphatic carboxylic acids is 1. The van der Waals surface area contributed by atoms with Crippen molar-refractivity contribution < 1.29 is 9.90 Å². The van der Waals surface area contributed by atoms with Gasteiger partial charge < -0.3 is 5.11 Å². The van der Waals surface area contributed by atoms with Crippen molar-refractivity contribution in [1.29, 1.82) is 0 Å². The molecule has 0 aromatic heterocycles. The summed E-state index contributed by atoms with van der Waals surface area (Å²) in [7, 11) is 0. The van der Waals surface area contributed by atoms with Crippen LogP contribution in [0.3, 0.4) is 0 Å². The molecule has 0 unspecified atom stereocenters. The summed E-state index contributed by atoms with van der Waals surface area (Å²) in [4.78, 5) is 9.25. The second-order valence-corrected chi connectivity index (χ2v) is 0.542. The zero-order valence-electron chi connectivity index (χ0n) is 4.64. The van der Waals surface area contributed by atoms with E-state index in [-0.39, 0.29) is 59.1 Å². The van der Waals surface area contributed by atoms with Crippen LogP contribution < -0.4 is 0 Å². The maximum absolute atomic E-state index is 9.25. The summed E-state index contributed by atoms with van der Waals surface area (Å²) in [5, 5.41) is 7.60. The van der Waals surface area contributed by atoms with Crippen molar-refractivity contribution in [3.05, 3.63) is 12.7 Å². The van der Waals surface area contributed by atoms with E-state index in [4.69, 9.17) is 5.11 Å². The Hall–Kier alpha value is 1.21. The summed E-state index contributed by atoms with van der Waals surface area (Å²) < 4.78 is 0. The molecular formula is C3H4Na2O2. The fraction of sp³-hybridized carbons (Fsp3) is 0. The molecule has 0 aliphatic carbocycles. The fourth-order valence-corrected chi connectivity index (χ4v) is 0. The third-order valence-electron chi connectivity index (χ3n) is 0.175. The van der Waals surface area contributed by atoms with Gasteiger partial charge in [-0.05, 0) is 0 Å². The Bertz CT molecular complexity index is 62.0. The van der Waals surface area contributed by atoms with Gasteiger partial charge in [-0.2, -0.15) is 0 Å². The van der Waals surface area contributed by atoms with E-state index in [2.05, 4.69) is 6.58 Å². The first kappa shape index (κ1) is 15.7. The Balaban J connectivity index is -0.0000000800. The number of hydrogen-bond acceptors (Lipinski definition) is 1. The molecule has 0 amide bonds. The van der Waals surface area contributed by atoms with Crippen molar-refractivity contribution in [1.82, 2.24) is 0 Å². The largest absolute Gasteiger partial charge is 0.478 e. The normalized spacial score (nSPS) is 4.57. The van der Waals surface area contributed by atoms with E-state index < -0.39 is 5.97 Å². The predicted molar refractivity (Wildman–Crippen MR) is 29.3 cm³/mol. The second-order valence-electron chi connectivity index (χ2n) is 0.542. The maximum atomic E-state index is 9.25. The van der Waals surface area contributed by atoms with Gasteiger partial charge in [0.25, 0.3) is 0 Å². The predicted octanol–water partition coefficient (Wildman–Crippen LogP) is -0.505. The average molecular weight is 118 g/mol. The van der Waals surface area contributed by atoms with Gasteiger partial charge in [0.15, 0.2) is 0 Å². The Morgan fingerprint density at radius 2 is 1.71 bits per heavy atom. The summed E-state index contributed by atoms with van der Waals surface area (Å²) >= 11 is 0. The molecule has 4 heteroatoms. The molecule has 0 aromatic carbocycles. The molecule has 0 rings (SSSR count). The third-order valence-corrected chi connectivity index (χ3v) is 0.175. The van der Waals surface area contributed by atoms with Gasteiger partial charge in [0, 0.05) is 65.2 Å². The molecule has 0 fully saturated rings. The molecule has 0 saturated carbocycles. The van der Waals surface area contributed by atoms with Crippen LogP contribution in [0, 0.1) is 0 Å². The Morgan fingerprint density at radius 1 is 1.57 bits per heavy atom. The number of carbonyl (C=O) groups is 1. The van der Waals surface area contributed by atoms with E-state index in [0.29, 0.717) is 0 Å². The minimum atomic E-state index is -0.981. The van der Waals surface area contributed by atoms with Crippen LogP contribution >= 0.6 is 0 Å². The number of carboxylic acid groups (broad SMARTS) is 1. The molecule has 30 valence electrons. The molecule has 0 heterocycles. The molecule has 0 aliphatic rings. The minimum absolute atomic E-state index is 0. The van der Waals surface area contributed by atoms with Crippen LogP contribution in [0.15, 0.2) is 12.7 Å². The Morgan fingerprint density at radius 3 is 1.71 bits per heavy atom. The Kier molecular flexibility index (Phi) is 23.0. The fourth-order valence-electron chi connectivity index (χ4n) is 0. The number of hydrogen-bond donors (Lipinski definition) is 1. The maximum Gasteiger partial charge on any atom is 0.327 e. The van der Waals surface area contributed by atoms with Gasteiger partial charge in [-0.3, -0.25) is 0 Å². The minimum Gasteiger partial charge on any atom is -0.478 e. The quantitative estimate of drug-likeness (QED) is 0.372. The zero-order chi connectivity index (χ0) is 4.28.